The van der Waals surface area contributed by atoms with Gasteiger partial charge in [0.05, 0.1) is 6.61 Å². The molecule has 0 amide bonds. The van der Waals surface area contributed by atoms with Gasteiger partial charge in [0.2, 0.25) is 0 Å². The maximum Gasteiger partial charge on any atom is 0.322 e. The molecule has 0 aromatic rings. The average molecular weight is 228 g/mol. The minimum absolute atomic E-state index is 0.163. The molecule has 1 N–H and O–H groups in total. The number of likely N-dealkylation sites (N-methyl/N-ethyl adjacent to an activating group) is 1. The fraction of sp³-hybridized carbons (Fsp3) is 0.917. The lowest BCUT2D eigenvalue weighted by atomic mass is 10.2. The van der Waals surface area contributed by atoms with E-state index < -0.39 is 0 Å². The third-order valence-corrected chi connectivity index (χ3v) is 3.18. The van der Waals surface area contributed by atoms with Crippen molar-refractivity contribution in [2.75, 3.05) is 20.2 Å². The molecule has 16 heavy (non-hydrogen) atoms. The topological polar surface area (TPSA) is 41.6 Å². The Morgan fingerprint density at radius 3 is 2.62 bits per heavy atom. The van der Waals surface area contributed by atoms with Crippen LogP contribution in [0.15, 0.2) is 0 Å². The fourth-order valence-corrected chi connectivity index (χ4v) is 1.68. The highest BCUT2D eigenvalue weighted by atomic mass is 16.5. The Kier molecular flexibility index (Phi) is 5.22. The second kappa shape index (κ2) is 6.21. The van der Waals surface area contributed by atoms with E-state index in [9.17, 15) is 4.79 Å². The fourth-order valence-electron chi connectivity index (χ4n) is 1.68. The minimum atomic E-state index is -0.213. The molecule has 0 aromatic carbocycles. The van der Waals surface area contributed by atoms with Crippen LogP contribution in [0.3, 0.4) is 0 Å². The highest BCUT2D eigenvalue weighted by molar-refractivity contribution is 5.75. The van der Waals surface area contributed by atoms with E-state index >= 15 is 0 Å². The zero-order valence-electron chi connectivity index (χ0n) is 10.8. The molecule has 0 aliphatic heterocycles. The third kappa shape index (κ3) is 4.10. The highest BCUT2D eigenvalue weighted by Crippen LogP contribution is 2.26. The van der Waals surface area contributed by atoms with E-state index in [1.807, 2.05) is 13.8 Å². The van der Waals surface area contributed by atoms with Gasteiger partial charge in [-0.3, -0.25) is 9.69 Å². The molecule has 0 radical (unpaired) electrons. The van der Waals surface area contributed by atoms with Crippen LogP contribution in [0.25, 0.3) is 0 Å². The minimum Gasteiger partial charge on any atom is -0.465 e. The third-order valence-electron chi connectivity index (χ3n) is 3.18. The Bertz CT molecular complexity index is 229. The number of esters is 1. The first-order valence-corrected chi connectivity index (χ1v) is 6.18. The van der Waals surface area contributed by atoms with Crippen LogP contribution in [0.1, 0.15) is 33.6 Å². The summed E-state index contributed by atoms with van der Waals surface area (Å²) in [5.41, 5.74) is 0. The second-order valence-electron chi connectivity index (χ2n) is 4.63. The molecule has 1 saturated carbocycles. The van der Waals surface area contributed by atoms with Crippen molar-refractivity contribution in [1.29, 1.82) is 0 Å². The molecule has 1 aliphatic carbocycles. The molecule has 2 atom stereocenters. The van der Waals surface area contributed by atoms with Crippen LogP contribution >= 0.6 is 0 Å². The van der Waals surface area contributed by atoms with Gasteiger partial charge in [0.1, 0.15) is 6.04 Å². The Balaban J connectivity index is 2.19. The van der Waals surface area contributed by atoms with Gasteiger partial charge in [-0.15, -0.1) is 0 Å². The van der Waals surface area contributed by atoms with E-state index in [4.69, 9.17) is 4.74 Å². The molecule has 1 fully saturated rings. The number of nitrogens with zero attached hydrogens (tertiary/aromatic N) is 1. The van der Waals surface area contributed by atoms with E-state index in [1.165, 1.54) is 12.8 Å². The molecule has 0 heterocycles. The van der Waals surface area contributed by atoms with E-state index in [0.717, 1.165) is 12.6 Å². The van der Waals surface area contributed by atoms with E-state index in [-0.39, 0.29) is 12.0 Å². The summed E-state index contributed by atoms with van der Waals surface area (Å²) in [6, 6.07) is 1.01. The summed E-state index contributed by atoms with van der Waals surface area (Å²) in [5.74, 6) is -0.163. The van der Waals surface area contributed by atoms with Crippen molar-refractivity contribution in [2.45, 2.75) is 51.7 Å². The van der Waals surface area contributed by atoms with Gasteiger partial charge in [-0.1, -0.05) is 0 Å². The first-order valence-electron chi connectivity index (χ1n) is 6.18. The SMILES string of the molecule is CCOC(=O)C(C)NCC(C)N(C)C1CC1. The number of rotatable bonds is 7. The Morgan fingerprint density at radius 1 is 1.50 bits per heavy atom. The van der Waals surface area contributed by atoms with Crippen LogP contribution < -0.4 is 5.32 Å². The smallest absolute Gasteiger partial charge is 0.322 e. The molecule has 2 unspecified atom stereocenters. The van der Waals surface area contributed by atoms with Gasteiger partial charge >= 0.3 is 5.97 Å². The monoisotopic (exact) mass is 228 g/mol. The maximum atomic E-state index is 11.4. The van der Waals surface area contributed by atoms with Crippen molar-refractivity contribution in [2.24, 2.45) is 0 Å². The van der Waals surface area contributed by atoms with Crippen molar-refractivity contribution < 1.29 is 9.53 Å². The first kappa shape index (κ1) is 13.5. The lowest BCUT2D eigenvalue weighted by Gasteiger charge is -2.25. The molecular formula is C12H24N2O2. The van der Waals surface area contributed by atoms with Crippen molar-refractivity contribution >= 4 is 5.97 Å². The van der Waals surface area contributed by atoms with E-state index in [0.29, 0.717) is 12.6 Å². The molecule has 4 nitrogen and oxygen atoms in total. The first-order chi connectivity index (χ1) is 7.56. The van der Waals surface area contributed by atoms with Crippen LogP contribution in [-0.4, -0.2) is 49.2 Å². The van der Waals surface area contributed by atoms with Crippen molar-refractivity contribution in [3.05, 3.63) is 0 Å². The summed E-state index contributed by atoms with van der Waals surface area (Å²) in [6.07, 6.45) is 2.63. The van der Waals surface area contributed by atoms with E-state index in [2.05, 4.69) is 24.2 Å². The van der Waals surface area contributed by atoms with Gasteiger partial charge < -0.3 is 10.1 Å². The largest absolute Gasteiger partial charge is 0.465 e. The summed E-state index contributed by atoms with van der Waals surface area (Å²) in [6.45, 7) is 7.13. The standard InChI is InChI=1S/C12H24N2O2/c1-5-16-12(15)10(3)13-8-9(2)14(4)11-6-7-11/h9-11,13H,5-8H2,1-4H3. The van der Waals surface area contributed by atoms with Crippen LogP contribution in [0.2, 0.25) is 0 Å². The predicted octanol–water partition coefficient (Wildman–Crippen LogP) is 1.01. The van der Waals surface area contributed by atoms with Gasteiger partial charge in [-0.05, 0) is 40.7 Å². The summed E-state index contributed by atoms with van der Waals surface area (Å²) >= 11 is 0. The van der Waals surface area contributed by atoms with Gasteiger partial charge in [0.25, 0.3) is 0 Å². The maximum absolute atomic E-state index is 11.4. The number of carbonyl (C=O) groups is 1. The van der Waals surface area contributed by atoms with Crippen molar-refractivity contribution in [1.82, 2.24) is 10.2 Å². The number of hydrogen-bond acceptors (Lipinski definition) is 4. The van der Waals surface area contributed by atoms with Crippen molar-refractivity contribution in [3.8, 4) is 0 Å². The lowest BCUT2D eigenvalue weighted by Crippen LogP contribution is -2.44. The van der Waals surface area contributed by atoms with Crippen LogP contribution in [0.5, 0.6) is 0 Å². The predicted molar refractivity (Wildman–Crippen MR) is 64.3 cm³/mol. The normalized spacial score (nSPS) is 19.6. The second-order valence-corrected chi connectivity index (χ2v) is 4.63. The molecule has 0 bridgehead atoms. The highest BCUT2D eigenvalue weighted by Gasteiger charge is 2.29. The molecule has 0 aromatic heterocycles. The average Bonchev–Trinajstić information content (AvgIpc) is 3.08. The van der Waals surface area contributed by atoms with Gasteiger partial charge in [-0.25, -0.2) is 0 Å². The zero-order chi connectivity index (χ0) is 12.1. The van der Waals surface area contributed by atoms with Gasteiger partial charge in [0.15, 0.2) is 0 Å². The molecule has 4 heteroatoms. The molecule has 1 aliphatic rings. The van der Waals surface area contributed by atoms with E-state index in [1.54, 1.807) is 0 Å². The number of hydrogen-bond donors (Lipinski definition) is 1. The summed E-state index contributed by atoms with van der Waals surface area (Å²) < 4.78 is 4.94. The molecular weight excluding hydrogens is 204 g/mol. The zero-order valence-corrected chi connectivity index (χ0v) is 10.8. The Hall–Kier alpha value is -0.610. The van der Waals surface area contributed by atoms with Gasteiger partial charge in [0, 0.05) is 18.6 Å². The van der Waals surface area contributed by atoms with Crippen LogP contribution in [-0.2, 0) is 9.53 Å². The summed E-state index contributed by atoms with van der Waals surface area (Å²) in [7, 11) is 2.15. The quantitative estimate of drug-likeness (QED) is 0.660. The number of carbonyl (C=O) groups excluding carboxylic acids is 1. The number of ether oxygens (including phenoxy) is 1. The summed E-state index contributed by atoms with van der Waals surface area (Å²) in [5, 5.41) is 3.21. The van der Waals surface area contributed by atoms with Crippen LogP contribution in [0, 0.1) is 0 Å². The Labute approximate surface area is 98.3 Å². The molecule has 0 saturated heterocycles. The molecule has 0 spiro atoms. The van der Waals surface area contributed by atoms with Crippen LogP contribution in [0.4, 0.5) is 0 Å². The van der Waals surface area contributed by atoms with Crippen molar-refractivity contribution in [3.63, 3.8) is 0 Å². The molecule has 94 valence electrons. The molecule has 1 rings (SSSR count). The Morgan fingerprint density at radius 2 is 2.12 bits per heavy atom. The number of nitrogens with one attached hydrogen (secondary N) is 1. The lowest BCUT2D eigenvalue weighted by molar-refractivity contribution is -0.145. The van der Waals surface area contributed by atoms with Gasteiger partial charge in [-0.2, -0.15) is 0 Å². The summed E-state index contributed by atoms with van der Waals surface area (Å²) in [4.78, 5) is 13.8.